The molecule has 0 saturated carbocycles. The molecule has 0 aliphatic carbocycles. The van der Waals surface area contributed by atoms with Gasteiger partial charge in [0.1, 0.15) is 5.82 Å². The van der Waals surface area contributed by atoms with Gasteiger partial charge in [0, 0.05) is 12.1 Å². The molecule has 1 aromatic heterocycles. The molecule has 2 aliphatic rings. The van der Waals surface area contributed by atoms with Crippen LogP contribution < -0.4 is 5.32 Å². The van der Waals surface area contributed by atoms with E-state index >= 15 is 0 Å². The van der Waals surface area contributed by atoms with Crippen molar-refractivity contribution in [1.29, 1.82) is 0 Å². The summed E-state index contributed by atoms with van der Waals surface area (Å²) in [6.07, 6.45) is 2.60. The van der Waals surface area contributed by atoms with Gasteiger partial charge in [-0.05, 0) is 55.8 Å². The molecule has 2 aliphatic heterocycles. The minimum absolute atomic E-state index is 0.0980. The van der Waals surface area contributed by atoms with E-state index in [1.807, 2.05) is 42.5 Å². The van der Waals surface area contributed by atoms with E-state index in [0.717, 1.165) is 40.3 Å². The summed E-state index contributed by atoms with van der Waals surface area (Å²) >= 11 is 0. The first kappa shape index (κ1) is 17.4. The predicted molar refractivity (Wildman–Crippen MR) is 119 cm³/mol. The molecule has 0 bridgehead atoms. The standard InChI is InChI=1S/C25H22N4O/c30-25-19-6-5-8-21-23(19)29(22-9-2-1-7-20(22)27-25)24(26-21)18-12-10-17(11-13-18)16-28-14-3-4-15-28/h1-2,5-13H,3-4,14-16H2,(H,27,30). The lowest BCUT2D eigenvalue weighted by Gasteiger charge is -2.15. The molecule has 3 heterocycles. The number of hydrogen-bond donors (Lipinski definition) is 1. The molecule has 4 aromatic rings. The number of nitrogens with zero attached hydrogens (tertiary/aromatic N) is 3. The van der Waals surface area contributed by atoms with E-state index in [2.05, 4.69) is 39.0 Å². The summed E-state index contributed by atoms with van der Waals surface area (Å²) in [5.74, 6) is 0.758. The van der Waals surface area contributed by atoms with Gasteiger partial charge in [-0.1, -0.05) is 42.5 Å². The maximum absolute atomic E-state index is 12.9. The maximum Gasteiger partial charge on any atom is 0.257 e. The van der Waals surface area contributed by atoms with E-state index in [1.54, 1.807) is 0 Å². The van der Waals surface area contributed by atoms with Gasteiger partial charge in [-0.15, -0.1) is 0 Å². The van der Waals surface area contributed by atoms with E-state index in [9.17, 15) is 4.79 Å². The van der Waals surface area contributed by atoms with E-state index in [0.29, 0.717) is 5.56 Å². The highest BCUT2D eigenvalue weighted by atomic mass is 16.1. The normalized spacial score (nSPS) is 15.8. The highest BCUT2D eigenvalue weighted by Gasteiger charge is 2.25. The van der Waals surface area contributed by atoms with Crippen LogP contribution in [-0.4, -0.2) is 33.4 Å². The van der Waals surface area contributed by atoms with Gasteiger partial charge < -0.3 is 5.32 Å². The first-order valence-electron chi connectivity index (χ1n) is 10.5. The highest BCUT2D eigenvalue weighted by Crippen LogP contribution is 2.36. The number of nitrogens with one attached hydrogen (secondary N) is 1. The van der Waals surface area contributed by atoms with Crippen molar-refractivity contribution in [1.82, 2.24) is 14.5 Å². The molecule has 148 valence electrons. The van der Waals surface area contributed by atoms with E-state index < -0.39 is 0 Å². The Morgan fingerprint density at radius 3 is 2.53 bits per heavy atom. The van der Waals surface area contributed by atoms with Crippen molar-refractivity contribution in [3.8, 4) is 17.1 Å². The molecule has 30 heavy (non-hydrogen) atoms. The monoisotopic (exact) mass is 394 g/mol. The summed E-state index contributed by atoms with van der Waals surface area (Å²) in [4.78, 5) is 20.3. The predicted octanol–water partition coefficient (Wildman–Crippen LogP) is 4.85. The average Bonchev–Trinajstić information content (AvgIpc) is 3.39. The molecule has 5 heteroatoms. The summed E-state index contributed by atoms with van der Waals surface area (Å²) in [7, 11) is 0. The van der Waals surface area contributed by atoms with Gasteiger partial charge in [0.25, 0.3) is 5.91 Å². The molecule has 6 rings (SSSR count). The van der Waals surface area contributed by atoms with Crippen LogP contribution >= 0.6 is 0 Å². The third kappa shape index (κ3) is 2.74. The number of anilines is 1. The van der Waals surface area contributed by atoms with Crippen molar-refractivity contribution < 1.29 is 4.79 Å². The third-order valence-corrected chi connectivity index (χ3v) is 6.13. The summed E-state index contributed by atoms with van der Waals surface area (Å²) in [5.41, 5.74) is 6.44. The topological polar surface area (TPSA) is 50.2 Å². The van der Waals surface area contributed by atoms with Crippen LogP contribution in [0.15, 0.2) is 66.7 Å². The smallest absolute Gasteiger partial charge is 0.257 e. The zero-order valence-corrected chi connectivity index (χ0v) is 16.6. The molecule has 3 aromatic carbocycles. The molecule has 1 saturated heterocycles. The van der Waals surface area contributed by atoms with Crippen LogP contribution in [0, 0.1) is 0 Å². The van der Waals surface area contributed by atoms with Crippen LogP contribution in [0.3, 0.4) is 0 Å². The van der Waals surface area contributed by atoms with E-state index in [1.165, 1.54) is 31.5 Å². The first-order chi connectivity index (χ1) is 14.8. The second-order valence-electron chi connectivity index (χ2n) is 8.10. The fourth-order valence-corrected chi connectivity index (χ4v) is 4.66. The lowest BCUT2D eigenvalue weighted by Crippen LogP contribution is -2.18. The van der Waals surface area contributed by atoms with Gasteiger partial charge in [0.05, 0.1) is 28.0 Å². The number of aromatic nitrogens is 2. The molecule has 0 atom stereocenters. The van der Waals surface area contributed by atoms with E-state index in [4.69, 9.17) is 4.98 Å². The zero-order chi connectivity index (χ0) is 20.1. The minimum Gasteiger partial charge on any atom is -0.320 e. The number of fused-ring (bicyclic) bond motifs is 2. The SMILES string of the molecule is O=C1Nc2ccccc2-n2c(-c3ccc(CN4CCCC4)cc3)nc3cccc1c32. The van der Waals surface area contributed by atoms with Gasteiger partial charge >= 0.3 is 0 Å². The molecular formula is C25H22N4O. The quantitative estimate of drug-likeness (QED) is 0.540. The Labute approximate surface area is 175 Å². The van der Waals surface area contributed by atoms with Crippen molar-refractivity contribution in [2.24, 2.45) is 0 Å². The van der Waals surface area contributed by atoms with Crippen molar-refractivity contribution >= 4 is 22.6 Å². The molecule has 1 N–H and O–H groups in total. The van der Waals surface area contributed by atoms with Gasteiger partial charge in [-0.3, -0.25) is 14.3 Å². The van der Waals surface area contributed by atoms with Crippen LogP contribution in [0.5, 0.6) is 0 Å². The molecule has 5 nitrogen and oxygen atoms in total. The molecule has 1 amide bonds. The number of imidazole rings is 1. The minimum atomic E-state index is -0.0980. The number of carbonyl (C=O) groups excluding carboxylic acids is 1. The summed E-state index contributed by atoms with van der Waals surface area (Å²) in [6, 6.07) is 22.3. The number of benzene rings is 3. The second kappa shape index (κ2) is 6.82. The molecular weight excluding hydrogens is 372 g/mol. The Balaban J connectivity index is 1.51. The summed E-state index contributed by atoms with van der Waals surface area (Å²) < 4.78 is 2.12. The van der Waals surface area contributed by atoms with E-state index in [-0.39, 0.29) is 5.91 Å². The van der Waals surface area contributed by atoms with Crippen LogP contribution in [0.25, 0.3) is 28.1 Å². The lowest BCUT2D eigenvalue weighted by molar-refractivity contribution is 0.102. The zero-order valence-electron chi connectivity index (χ0n) is 16.6. The average molecular weight is 394 g/mol. The number of likely N-dealkylation sites (tertiary alicyclic amines) is 1. The van der Waals surface area contributed by atoms with Crippen LogP contribution in [0.1, 0.15) is 28.8 Å². The summed E-state index contributed by atoms with van der Waals surface area (Å²) in [6.45, 7) is 3.39. The Bertz CT molecular complexity index is 1270. The van der Waals surface area contributed by atoms with Crippen LogP contribution in [-0.2, 0) is 6.54 Å². The van der Waals surface area contributed by atoms with Crippen molar-refractivity contribution in [3.63, 3.8) is 0 Å². The number of para-hydroxylation sites is 3. The number of rotatable bonds is 3. The molecule has 0 spiro atoms. The van der Waals surface area contributed by atoms with Crippen molar-refractivity contribution in [2.45, 2.75) is 19.4 Å². The van der Waals surface area contributed by atoms with Crippen molar-refractivity contribution in [2.75, 3.05) is 18.4 Å². The second-order valence-corrected chi connectivity index (χ2v) is 8.10. The fourth-order valence-electron chi connectivity index (χ4n) is 4.66. The van der Waals surface area contributed by atoms with Gasteiger partial charge in [0.15, 0.2) is 0 Å². The number of hydrogen-bond acceptors (Lipinski definition) is 3. The van der Waals surface area contributed by atoms with Gasteiger partial charge in [0.2, 0.25) is 0 Å². The van der Waals surface area contributed by atoms with Gasteiger partial charge in [-0.25, -0.2) is 4.98 Å². The highest BCUT2D eigenvalue weighted by molar-refractivity contribution is 6.14. The largest absolute Gasteiger partial charge is 0.320 e. The third-order valence-electron chi connectivity index (χ3n) is 6.13. The molecule has 0 unspecified atom stereocenters. The maximum atomic E-state index is 12.9. The number of amides is 1. The molecule has 0 radical (unpaired) electrons. The fraction of sp³-hybridized carbons (Fsp3) is 0.200. The Morgan fingerprint density at radius 2 is 1.70 bits per heavy atom. The first-order valence-corrected chi connectivity index (χ1v) is 10.5. The Hall–Kier alpha value is -3.44. The summed E-state index contributed by atoms with van der Waals surface area (Å²) in [5, 5.41) is 3.05. The van der Waals surface area contributed by atoms with Crippen LogP contribution in [0.2, 0.25) is 0 Å². The van der Waals surface area contributed by atoms with Crippen molar-refractivity contribution in [3.05, 3.63) is 77.9 Å². The molecule has 1 fully saturated rings. The van der Waals surface area contributed by atoms with Gasteiger partial charge in [-0.2, -0.15) is 0 Å². The van der Waals surface area contributed by atoms with Crippen LogP contribution in [0.4, 0.5) is 5.69 Å². The number of carbonyl (C=O) groups is 1. The Morgan fingerprint density at radius 1 is 0.900 bits per heavy atom. The lowest BCUT2D eigenvalue weighted by atomic mass is 10.1. The Kier molecular flexibility index (Phi) is 3.96.